The average Bonchev–Trinajstić information content (AvgIpc) is 3.01. The van der Waals surface area contributed by atoms with Crippen LogP contribution in [0.1, 0.15) is 35.8 Å². The molecule has 2 N–H and O–H groups in total. The number of carboxylic acid groups (broad SMARTS) is 1. The van der Waals surface area contributed by atoms with Crippen LogP contribution in [-0.2, 0) is 10.0 Å². The fraction of sp³-hybridized carbons (Fsp3) is 0.615. The molecule has 2 aliphatic rings. The van der Waals surface area contributed by atoms with Crippen molar-refractivity contribution >= 4 is 16.0 Å². The number of aliphatic hydroxyl groups is 1. The first-order chi connectivity index (χ1) is 9.93. The summed E-state index contributed by atoms with van der Waals surface area (Å²) in [6.45, 7) is 0.621. The molecule has 0 aromatic carbocycles. The largest absolute Gasteiger partial charge is 0.477 e. The zero-order valence-corrected chi connectivity index (χ0v) is 12.3. The van der Waals surface area contributed by atoms with Gasteiger partial charge in [-0.3, -0.25) is 0 Å². The van der Waals surface area contributed by atoms with Gasteiger partial charge in [-0.2, -0.15) is 4.31 Å². The third-order valence-corrected chi connectivity index (χ3v) is 5.96. The topological polar surface area (TPSA) is 99.8 Å². The molecule has 1 saturated heterocycles. The Balaban J connectivity index is 1.92. The van der Waals surface area contributed by atoms with E-state index < -0.39 is 16.0 Å². The van der Waals surface area contributed by atoms with Gasteiger partial charge in [-0.1, -0.05) is 0 Å². The van der Waals surface area contributed by atoms with E-state index in [-0.39, 0.29) is 35.7 Å². The number of sulfonamides is 1. The molecule has 1 atom stereocenters. The van der Waals surface area contributed by atoms with E-state index in [9.17, 15) is 18.3 Å². The molecule has 3 rings (SSSR count). The molecule has 0 amide bonds. The monoisotopic (exact) mass is 314 g/mol. The number of hydrogen-bond donors (Lipinski definition) is 2. The summed E-state index contributed by atoms with van der Waals surface area (Å²) in [7, 11) is -3.68. The Bertz CT molecular complexity index is 662. The van der Waals surface area contributed by atoms with Gasteiger partial charge in [0, 0.05) is 31.9 Å². The van der Waals surface area contributed by atoms with Gasteiger partial charge < -0.3 is 14.8 Å². The molecule has 7 nitrogen and oxygen atoms in total. The molecule has 1 aliphatic carbocycles. The zero-order valence-electron chi connectivity index (χ0n) is 11.5. The smallest absolute Gasteiger partial charge is 0.352 e. The number of carboxylic acids is 1. The zero-order chi connectivity index (χ0) is 15.2. The van der Waals surface area contributed by atoms with Crippen molar-refractivity contribution in [3.05, 3.63) is 18.0 Å². The first-order valence-corrected chi connectivity index (χ1v) is 8.43. The summed E-state index contributed by atoms with van der Waals surface area (Å²) in [4.78, 5) is 11.3. The fourth-order valence-electron chi connectivity index (χ4n) is 2.73. The Hall–Kier alpha value is -1.38. The number of nitrogens with zero attached hydrogens (tertiary/aromatic N) is 2. The van der Waals surface area contributed by atoms with Crippen LogP contribution in [0.15, 0.2) is 17.2 Å². The number of rotatable bonds is 5. The quantitative estimate of drug-likeness (QED) is 0.825. The van der Waals surface area contributed by atoms with Crippen molar-refractivity contribution in [2.75, 3.05) is 19.7 Å². The summed E-state index contributed by atoms with van der Waals surface area (Å²) in [5.74, 6) is -1.15. The Labute approximate surface area is 122 Å². The predicted molar refractivity (Wildman–Crippen MR) is 73.6 cm³/mol. The third-order valence-electron chi connectivity index (χ3n) is 4.13. The summed E-state index contributed by atoms with van der Waals surface area (Å²) >= 11 is 0. The molecule has 1 saturated carbocycles. The van der Waals surface area contributed by atoms with Crippen LogP contribution in [0, 0.1) is 5.92 Å². The lowest BCUT2D eigenvalue weighted by molar-refractivity contribution is 0.0685. The number of aromatic carboxylic acids is 1. The second kappa shape index (κ2) is 5.11. The molecule has 0 radical (unpaired) electrons. The van der Waals surface area contributed by atoms with Gasteiger partial charge in [0.05, 0.1) is 0 Å². The SMILES string of the molecule is O=C(O)c1cc(S(=O)(=O)N2CCC(CO)C2)cn1C1CC1. The van der Waals surface area contributed by atoms with Crippen LogP contribution in [0.4, 0.5) is 0 Å². The van der Waals surface area contributed by atoms with Gasteiger partial charge in [-0.15, -0.1) is 0 Å². The predicted octanol–water partition coefficient (Wildman–Crippen LogP) is 0.524. The maximum absolute atomic E-state index is 12.6. The summed E-state index contributed by atoms with van der Waals surface area (Å²) in [6.07, 6.45) is 3.82. The van der Waals surface area contributed by atoms with Crippen molar-refractivity contribution in [2.24, 2.45) is 5.92 Å². The lowest BCUT2D eigenvalue weighted by Crippen LogP contribution is -2.29. The van der Waals surface area contributed by atoms with E-state index in [4.69, 9.17) is 5.11 Å². The van der Waals surface area contributed by atoms with Crippen LogP contribution >= 0.6 is 0 Å². The molecule has 0 spiro atoms. The number of carbonyl (C=O) groups is 1. The molecule has 1 unspecified atom stereocenters. The first kappa shape index (κ1) is 14.6. The molecule has 2 heterocycles. The van der Waals surface area contributed by atoms with Gasteiger partial charge in [-0.05, 0) is 31.2 Å². The summed E-state index contributed by atoms with van der Waals surface area (Å²) in [5, 5.41) is 18.3. The highest BCUT2D eigenvalue weighted by atomic mass is 32.2. The lowest BCUT2D eigenvalue weighted by atomic mass is 10.1. The van der Waals surface area contributed by atoms with E-state index in [1.807, 2.05) is 0 Å². The second-order valence-corrected chi connectivity index (χ2v) is 7.64. The van der Waals surface area contributed by atoms with Crippen LogP contribution in [0.3, 0.4) is 0 Å². The van der Waals surface area contributed by atoms with Crippen LogP contribution in [0.5, 0.6) is 0 Å². The Morgan fingerprint density at radius 3 is 2.57 bits per heavy atom. The van der Waals surface area contributed by atoms with Gasteiger partial charge in [0.2, 0.25) is 10.0 Å². The van der Waals surface area contributed by atoms with Gasteiger partial charge in [0.25, 0.3) is 0 Å². The van der Waals surface area contributed by atoms with Crippen LogP contribution in [0.2, 0.25) is 0 Å². The van der Waals surface area contributed by atoms with Gasteiger partial charge in [0.1, 0.15) is 10.6 Å². The van der Waals surface area contributed by atoms with Gasteiger partial charge in [-0.25, -0.2) is 13.2 Å². The van der Waals surface area contributed by atoms with E-state index in [1.54, 1.807) is 4.57 Å². The molecule has 1 aromatic rings. The van der Waals surface area contributed by atoms with E-state index in [0.717, 1.165) is 12.8 Å². The van der Waals surface area contributed by atoms with Crippen LogP contribution in [-0.4, -0.2) is 53.2 Å². The minimum absolute atomic E-state index is 0.0222. The van der Waals surface area contributed by atoms with Crippen molar-refractivity contribution in [1.29, 1.82) is 0 Å². The molecular weight excluding hydrogens is 296 g/mol. The molecule has 2 fully saturated rings. The van der Waals surface area contributed by atoms with Crippen molar-refractivity contribution in [3.63, 3.8) is 0 Å². The van der Waals surface area contributed by atoms with Crippen molar-refractivity contribution in [1.82, 2.24) is 8.87 Å². The minimum atomic E-state index is -3.68. The van der Waals surface area contributed by atoms with Gasteiger partial charge in [0.15, 0.2) is 0 Å². The highest BCUT2D eigenvalue weighted by Crippen LogP contribution is 2.38. The summed E-state index contributed by atoms with van der Waals surface area (Å²) in [5.41, 5.74) is 0.0222. The van der Waals surface area contributed by atoms with Crippen molar-refractivity contribution in [2.45, 2.75) is 30.2 Å². The molecule has 8 heteroatoms. The number of hydrogen-bond acceptors (Lipinski definition) is 4. The summed E-state index contributed by atoms with van der Waals surface area (Å²) in [6, 6.07) is 1.34. The van der Waals surface area contributed by atoms with Crippen LogP contribution in [0.25, 0.3) is 0 Å². The molecule has 1 aromatic heterocycles. The van der Waals surface area contributed by atoms with E-state index in [2.05, 4.69) is 0 Å². The van der Waals surface area contributed by atoms with Crippen molar-refractivity contribution in [3.8, 4) is 0 Å². The highest BCUT2D eigenvalue weighted by molar-refractivity contribution is 7.89. The normalized spacial score (nSPS) is 23.6. The molecule has 21 heavy (non-hydrogen) atoms. The maximum atomic E-state index is 12.6. The number of aromatic nitrogens is 1. The second-order valence-electron chi connectivity index (χ2n) is 5.70. The van der Waals surface area contributed by atoms with E-state index >= 15 is 0 Å². The van der Waals surface area contributed by atoms with Crippen LogP contribution < -0.4 is 0 Å². The maximum Gasteiger partial charge on any atom is 0.352 e. The molecule has 1 aliphatic heterocycles. The first-order valence-electron chi connectivity index (χ1n) is 6.99. The lowest BCUT2D eigenvalue weighted by Gasteiger charge is -2.15. The summed E-state index contributed by atoms with van der Waals surface area (Å²) < 4.78 is 28.0. The Morgan fingerprint density at radius 1 is 1.33 bits per heavy atom. The molecule has 0 bridgehead atoms. The van der Waals surface area contributed by atoms with Gasteiger partial charge >= 0.3 is 5.97 Å². The standard InChI is InChI=1S/C13H18N2O5S/c16-8-9-3-4-14(6-9)21(19,20)11-5-12(13(17)18)15(7-11)10-1-2-10/h5,7,9-10,16H,1-4,6,8H2,(H,17,18). The minimum Gasteiger partial charge on any atom is -0.477 e. The van der Waals surface area contributed by atoms with Crippen molar-refractivity contribution < 1.29 is 23.4 Å². The molecular formula is C13H18N2O5S. The number of aliphatic hydroxyl groups excluding tert-OH is 1. The fourth-order valence-corrected chi connectivity index (χ4v) is 4.29. The average molecular weight is 314 g/mol. The van der Waals surface area contributed by atoms with E-state index in [0.29, 0.717) is 13.0 Å². The third kappa shape index (κ3) is 2.58. The highest BCUT2D eigenvalue weighted by Gasteiger charge is 2.35. The molecule has 116 valence electrons. The van der Waals surface area contributed by atoms with E-state index in [1.165, 1.54) is 16.6 Å². The Kier molecular flexibility index (Phi) is 3.54. The Morgan fingerprint density at radius 2 is 2.05 bits per heavy atom.